The molecule has 0 aromatic heterocycles. The highest BCUT2D eigenvalue weighted by Gasteiger charge is 2.15. The third kappa shape index (κ3) is 3.43. The Bertz CT molecular complexity index is 340. The minimum absolute atomic E-state index is 0.314. The summed E-state index contributed by atoms with van der Waals surface area (Å²) >= 11 is 0. The molecule has 0 aliphatic carbocycles. The lowest BCUT2D eigenvalue weighted by atomic mass is 10.2. The van der Waals surface area contributed by atoms with E-state index in [4.69, 9.17) is 5.73 Å². The molecule has 0 fully saturated rings. The molecule has 5 heteroatoms. The second kappa shape index (κ2) is 6.68. The lowest BCUT2D eigenvalue weighted by molar-refractivity contribution is 0.0755. The van der Waals surface area contributed by atoms with Gasteiger partial charge in [-0.15, -0.1) is 4.91 Å². The van der Waals surface area contributed by atoms with Crippen LogP contribution in [-0.2, 0) is 0 Å². The first-order chi connectivity index (χ1) is 7.79. The number of rotatable bonds is 6. The molecule has 1 aromatic rings. The molecule has 0 aliphatic heterocycles. The summed E-state index contributed by atoms with van der Waals surface area (Å²) in [4.78, 5) is 22.3. The van der Waals surface area contributed by atoms with Crippen LogP contribution in [0.5, 0.6) is 0 Å². The minimum Gasteiger partial charge on any atom is -0.330 e. The summed E-state index contributed by atoms with van der Waals surface area (Å²) in [5.74, 6) is -0.368. The van der Waals surface area contributed by atoms with Crippen molar-refractivity contribution in [1.29, 1.82) is 0 Å². The van der Waals surface area contributed by atoms with Gasteiger partial charge in [0.1, 0.15) is 0 Å². The van der Waals surface area contributed by atoms with Gasteiger partial charge in [-0.1, -0.05) is 18.2 Å². The summed E-state index contributed by atoms with van der Waals surface area (Å²) in [6, 6.07) is 8.61. The molecule has 16 heavy (non-hydrogen) atoms. The summed E-state index contributed by atoms with van der Waals surface area (Å²) in [5, 5.41) is 3.66. The molecule has 0 aliphatic rings. The van der Waals surface area contributed by atoms with E-state index in [1.165, 1.54) is 0 Å². The first-order valence-corrected chi connectivity index (χ1v) is 5.20. The average Bonchev–Trinajstić information content (AvgIpc) is 2.35. The normalized spacial score (nSPS) is 9.81. The maximum Gasteiger partial charge on any atom is 0.276 e. The molecule has 86 valence electrons. The van der Waals surface area contributed by atoms with Crippen molar-refractivity contribution < 1.29 is 4.79 Å². The van der Waals surface area contributed by atoms with Crippen molar-refractivity contribution >= 4 is 5.91 Å². The van der Waals surface area contributed by atoms with Crippen LogP contribution in [0.4, 0.5) is 0 Å². The molecule has 0 saturated heterocycles. The Hall–Kier alpha value is -1.75. The van der Waals surface area contributed by atoms with Crippen LogP contribution in [-0.4, -0.2) is 24.0 Å². The van der Waals surface area contributed by atoms with Crippen LogP contribution in [0.25, 0.3) is 0 Å². The predicted molar refractivity (Wildman–Crippen MR) is 61.6 cm³/mol. The van der Waals surface area contributed by atoms with E-state index >= 15 is 0 Å². The second-order valence-electron chi connectivity index (χ2n) is 3.37. The molecule has 1 aromatic carbocycles. The molecule has 0 unspecified atom stereocenters. The first kappa shape index (κ1) is 12.3. The SMILES string of the molecule is NCCCCN(N=O)C(=O)c1ccccc1. The Labute approximate surface area is 94.2 Å². The molecular weight excluding hydrogens is 206 g/mol. The largest absolute Gasteiger partial charge is 0.330 e. The fourth-order valence-corrected chi connectivity index (χ4v) is 1.32. The Balaban J connectivity index is 2.59. The van der Waals surface area contributed by atoms with Crippen LogP contribution in [0.1, 0.15) is 23.2 Å². The quantitative estimate of drug-likeness (QED) is 0.450. The van der Waals surface area contributed by atoms with Crippen molar-refractivity contribution in [2.24, 2.45) is 11.0 Å². The third-order valence-electron chi connectivity index (χ3n) is 2.18. The number of nitrogens with two attached hydrogens (primary N) is 1. The number of carbonyl (C=O) groups is 1. The molecule has 2 N–H and O–H groups in total. The van der Waals surface area contributed by atoms with E-state index in [2.05, 4.69) is 5.29 Å². The van der Waals surface area contributed by atoms with Gasteiger partial charge in [0.25, 0.3) is 5.91 Å². The van der Waals surface area contributed by atoms with Gasteiger partial charge in [-0.25, -0.2) is 0 Å². The molecular formula is C11H15N3O2. The van der Waals surface area contributed by atoms with Crippen molar-refractivity contribution in [2.75, 3.05) is 13.1 Å². The molecule has 0 spiro atoms. The van der Waals surface area contributed by atoms with Crippen molar-refractivity contribution in [3.05, 3.63) is 40.8 Å². The second-order valence-corrected chi connectivity index (χ2v) is 3.37. The summed E-state index contributed by atoms with van der Waals surface area (Å²) in [5.41, 5.74) is 5.80. The highest BCUT2D eigenvalue weighted by molar-refractivity contribution is 5.93. The van der Waals surface area contributed by atoms with E-state index in [1.807, 2.05) is 6.07 Å². The van der Waals surface area contributed by atoms with E-state index in [-0.39, 0.29) is 5.91 Å². The number of nitroso groups, excluding NO2 is 1. The number of hydrogen-bond donors (Lipinski definition) is 1. The van der Waals surface area contributed by atoms with E-state index in [0.717, 1.165) is 11.4 Å². The van der Waals surface area contributed by atoms with E-state index in [1.54, 1.807) is 24.3 Å². The molecule has 0 atom stereocenters. The minimum atomic E-state index is -0.368. The van der Waals surface area contributed by atoms with Crippen LogP contribution in [0.15, 0.2) is 35.6 Å². The Morgan fingerprint density at radius 3 is 2.50 bits per heavy atom. The standard InChI is InChI=1S/C11H15N3O2/c12-8-4-5-9-14(13-16)11(15)10-6-2-1-3-7-10/h1-3,6-7H,4-5,8-9,12H2. The van der Waals surface area contributed by atoms with Crippen molar-refractivity contribution in [2.45, 2.75) is 12.8 Å². The molecule has 5 nitrogen and oxygen atoms in total. The zero-order valence-electron chi connectivity index (χ0n) is 9.00. The van der Waals surface area contributed by atoms with Gasteiger partial charge in [-0.05, 0) is 31.5 Å². The number of carbonyl (C=O) groups excluding carboxylic acids is 1. The molecule has 1 amide bonds. The number of nitrogens with zero attached hydrogens (tertiary/aromatic N) is 2. The Morgan fingerprint density at radius 2 is 1.94 bits per heavy atom. The van der Waals surface area contributed by atoms with Crippen molar-refractivity contribution in [3.8, 4) is 0 Å². The van der Waals surface area contributed by atoms with Gasteiger partial charge in [0.05, 0.1) is 5.29 Å². The predicted octanol–water partition coefficient (Wildman–Crippen LogP) is 1.55. The van der Waals surface area contributed by atoms with Crippen LogP contribution in [0.3, 0.4) is 0 Å². The van der Waals surface area contributed by atoms with Crippen LogP contribution in [0.2, 0.25) is 0 Å². The van der Waals surface area contributed by atoms with Gasteiger partial charge in [0.15, 0.2) is 0 Å². The molecule has 1 rings (SSSR count). The van der Waals surface area contributed by atoms with Crippen LogP contribution in [0, 0.1) is 4.91 Å². The van der Waals surface area contributed by atoms with Crippen molar-refractivity contribution in [3.63, 3.8) is 0 Å². The summed E-state index contributed by atoms with van der Waals surface area (Å²) < 4.78 is 0. The highest BCUT2D eigenvalue weighted by Crippen LogP contribution is 2.06. The number of unbranched alkanes of at least 4 members (excludes halogenated alkanes) is 1. The van der Waals surface area contributed by atoms with E-state index in [0.29, 0.717) is 25.1 Å². The van der Waals surface area contributed by atoms with Gasteiger partial charge in [-0.2, -0.15) is 5.01 Å². The average molecular weight is 221 g/mol. The topological polar surface area (TPSA) is 75.8 Å². The summed E-state index contributed by atoms with van der Waals surface area (Å²) in [6.45, 7) is 0.862. The number of amides is 1. The Kier molecular flexibility index (Phi) is 5.15. The van der Waals surface area contributed by atoms with Gasteiger partial charge in [0.2, 0.25) is 0 Å². The third-order valence-corrected chi connectivity index (χ3v) is 2.18. The van der Waals surface area contributed by atoms with Crippen molar-refractivity contribution in [1.82, 2.24) is 5.01 Å². The number of benzene rings is 1. The fourth-order valence-electron chi connectivity index (χ4n) is 1.32. The van der Waals surface area contributed by atoms with Gasteiger partial charge in [0, 0.05) is 12.1 Å². The zero-order chi connectivity index (χ0) is 11.8. The monoisotopic (exact) mass is 221 g/mol. The lowest BCUT2D eigenvalue weighted by Crippen LogP contribution is -2.26. The maximum atomic E-state index is 11.8. The Morgan fingerprint density at radius 1 is 1.25 bits per heavy atom. The van der Waals surface area contributed by atoms with Gasteiger partial charge >= 0.3 is 0 Å². The first-order valence-electron chi connectivity index (χ1n) is 5.20. The fraction of sp³-hybridized carbons (Fsp3) is 0.364. The summed E-state index contributed by atoms with van der Waals surface area (Å²) in [6.07, 6.45) is 1.45. The molecule has 0 bridgehead atoms. The van der Waals surface area contributed by atoms with E-state index in [9.17, 15) is 9.70 Å². The maximum absolute atomic E-state index is 11.8. The van der Waals surface area contributed by atoms with Gasteiger partial charge in [-0.3, -0.25) is 4.79 Å². The molecule has 0 saturated carbocycles. The lowest BCUT2D eigenvalue weighted by Gasteiger charge is -2.12. The smallest absolute Gasteiger partial charge is 0.276 e. The zero-order valence-corrected chi connectivity index (χ0v) is 9.00. The number of hydrogen-bond acceptors (Lipinski definition) is 4. The molecule has 0 heterocycles. The summed E-state index contributed by atoms with van der Waals surface area (Å²) in [7, 11) is 0. The molecule has 0 radical (unpaired) electrons. The van der Waals surface area contributed by atoms with Crippen LogP contribution >= 0.6 is 0 Å². The van der Waals surface area contributed by atoms with E-state index < -0.39 is 0 Å². The highest BCUT2D eigenvalue weighted by atomic mass is 16.3. The van der Waals surface area contributed by atoms with Crippen LogP contribution < -0.4 is 5.73 Å². The van der Waals surface area contributed by atoms with Gasteiger partial charge < -0.3 is 5.73 Å².